The molecule has 3 heterocycles. The smallest absolute Gasteiger partial charge is 0.416 e. The van der Waals surface area contributed by atoms with Crippen LogP contribution in [0.25, 0.3) is 0 Å². The van der Waals surface area contributed by atoms with Crippen LogP contribution in [-0.4, -0.2) is 90.7 Å². The maximum atomic E-state index is 13.1. The lowest BCUT2D eigenvalue weighted by molar-refractivity contribution is -0.137. The normalized spacial score (nSPS) is 17.5. The molecule has 3 aromatic rings. The summed E-state index contributed by atoms with van der Waals surface area (Å²) in [6, 6.07) is 17.9. The molecule has 44 heavy (non-hydrogen) atoms. The van der Waals surface area contributed by atoms with Gasteiger partial charge in [-0.05, 0) is 59.7 Å². The number of ether oxygens (including phenoxy) is 2. The second kappa shape index (κ2) is 12.7. The zero-order valence-electron chi connectivity index (χ0n) is 24.2. The van der Waals surface area contributed by atoms with E-state index in [2.05, 4.69) is 15.1 Å². The first-order valence-corrected chi connectivity index (χ1v) is 14.7. The molecule has 0 radical (unpaired) electrons. The van der Waals surface area contributed by atoms with Crippen LogP contribution in [0, 0.1) is 0 Å². The summed E-state index contributed by atoms with van der Waals surface area (Å²) in [4.78, 5) is 34.0. The Hall–Kier alpha value is -4.29. The molecule has 3 amide bonds. The van der Waals surface area contributed by atoms with Gasteiger partial charge in [0.15, 0.2) is 11.5 Å². The molecule has 3 aliphatic heterocycles. The van der Waals surface area contributed by atoms with Crippen molar-refractivity contribution >= 4 is 17.6 Å². The van der Waals surface area contributed by atoms with E-state index in [-0.39, 0.29) is 18.7 Å². The summed E-state index contributed by atoms with van der Waals surface area (Å²) < 4.78 is 49.3. The molecule has 0 bridgehead atoms. The van der Waals surface area contributed by atoms with Crippen molar-refractivity contribution < 1.29 is 32.2 Å². The zero-order chi connectivity index (χ0) is 30.7. The summed E-state index contributed by atoms with van der Waals surface area (Å²) in [5.74, 6) is 1.51. The molecule has 9 nitrogen and oxygen atoms in total. The minimum absolute atomic E-state index is 0.0326. The molecule has 6 rings (SSSR count). The molecular weight excluding hydrogens is 575 g/mol. The minimum atomic E-state index is -4.35. The van der Waals surface area contributed by atoms with Crippen molar-refractivity contribution in [1.29, 1.82) is 0 Å². The summed E-state index contributed by atoms with van der Waals surface area (Å²) in [5, 5.41) is 2.90. The van der Waals surface area contributed by atoms with Gasteiger partial charge in [-0.3, -0.25) is 14.6 Å². The molecule has 0 aromatic heterocycles. The number of anilines is 1. The summed E-state index contributed by atoms with van der Waals surface area (Å²) in [5.41, 5.74) is 2.46. The number of rotatable bonds is 6. The largest absolute Gasteiger partial charge is 0.454 e. The van der Waals surface area contributed by atoms with Crippen LogP contribution >= 0.6 is 0 Å². The number of hydrogen-bond acceptors (Lipinski definition) is 6. The molecule has 232 valence electrons. The van der Waals surface area contributed by atoms with Crippen molar-refractivity contribution in [2.75, 3.05) is 64.5 Å². The van der Waals surface area contributed by atoms with Gasteiger partial charge in [-0.2, -0.15) is 13.2 Å². The molecule has 0 unspecified atom stereocenters. The summed E-state index contributed by atoms with van der Waals surface area (Å²) in [6.45, 7) is 6.60. The summed E-state index contributed by atoms with van der Waals surface area (Å²) in [7, 11) is 0. The third-order valence-corrected chi connectivity index (χ3v) is 8.23. The van der Waals surface area contributed by atoms with Crippen molar-refractivity contribution in [1.82, 2.24) is 19.6 Å². The highest BCUT2D eigenvalue weighted by atomic mass is 19.4. The highest BCUT2D eigenvalue weighted by Crippen LogP contribution is 2.33. The van der Waals surface area contributed by atoms with Gasteiger partial charge >= 0.3 is 12.2 Å². The number of fused-ring (bicyclic) bond motifs is 1. The third-order valence-electron chi connectivity index (χ3n) is 8.23. The highest BCUT2D eigenvalue weighted by molar-refractivity contribution is 5.95. The molecule has 2 fully saturated rings. The first-order valence-electron chi connectivity index (χ1n) is 14.7. The van der Waals surface area contributed by atoms with Crippen LogP contribution in [-0.2, 0) is 19.3 Å². The number of carbonyl (C=O) groups is 2. The number of piperazine rings is 2. The Kier molecular flexibility index (Phi) is 8.62. The first kappa shape index (κ1) is 29.8. The quantitative estimate of drug-likeness (QED) is 0.435. The Morgan fingerprint density at radius 2 is 1.25 bits per heavy atom. The summed E-state index contributed by atoms with van der Waals surface area (Å²) >= 11 is 0. The fourth-order valence-corrected chi connectivity index (χ4v) is 5.65. The van der Waals surface area contributed by atoms with Crippen LogP contribution in [0.2, 0.25) is 0 Å². The number of nitrogens with zero attached hydrogens (tertiary/aromatic N) is 4. The van der Waals surface area contributed by atoms with E-state index >= 15 is 0 Å². The van der Waals surface area contributed by atoms with E-state index in [4.69, 9.17) is 9.47 Å². The molecule has 3 aromatic carbocycles. The number of alkyl halides is 3. The lowest BCUT2D eigenvalue weighted by Gasteiger charge is -2.35. The number of amides is 3. The maximum absolute atomic E-state index is 13.1. The van der Waals surface area contributed by atoms with E-state index in [1.807, 2.05) is 23.1 Å². The predicted molar refractivity (Wildman–Crippen MR) is 158 cm³/mol. The van der Waals surface area contributed by atoms with E-state index in [1.54, 1.807) is 29.2 Å². The fraction of sp³-hybridized carbons (Fsp3) is 0.375. The van der Waals surface area contributed by atoms with Crippen molar-refractivity contribution in [2.45, 2.75) is 19.3 Å². The predicted octanol–water partition coefficient (Wildman–Crippen LogP) is 4.74. The number of benzene rings is 3. The molecule has 0 saturated carbocycles. The average Bonchev–Trinajstić information content (AvgIpc) is 3.50. The fourth-order valence-electron chi connectivity index (χ4n) is 5.65. The monoisotopic (exact) mass is 609 g/mol. The lowest BCUT2D eigenvalue weighted by Crippen LogP contribution is -2.49. The van der Waals surface area contributed by atoms with Gasteiger partial charge in [0, 0.05) is 76.7 Å². The molecular formula is C32H34F3N5O4. The topological polar surface area (TPSA) is 77.6 Å². The number of carbonyl (C=O) groups excluding carboxylic acids is 2. The number of nitrogens with one attached hydrogen (secondary N) is 1. The van der Waals surface area contributed by atoms with E-state index < -0.39 is 11.7 Å². The van der Waals surface area contributed by atoms with Crippen LogP contribution in [0.5, 0.6) is 11.5 Å². The number of hydrogen-bond donors (Lipinski definition) is 1. The van der Waals surface area contributed by atoms with Gasteiger partial charge in [0.25, 0.3) is 5.91 Å². The van der Waals surface area contributed by atoms with Gasteiger partial charge in [0.2, 0.25) is 6.79 Å². The second-order valence-corrected chi connectivity index (χ2v) is 11.2. The Bertz CT molecular complexity index is 1470. The van der Waals surface area contributed by atoms with Gasteiger partial charge in [-0.15, -0.1) is 0 Å². The van der Waals surface area contributed by atoms with E-state index in [0.29, 0.717) is 57.1 Å². The van der Waals surface area contributed by atoms with Gasteiger partial charge in [0.1, 0.15) is 0 Å². The van der Waals surface area contributed by atoms with Gasteiger partial charge in [-0.25, -0.2) is 4.79 Å². The molecule has 2 saturated heterocycles. The van der Waals surface area contributed by atoms with Gasteiger partial charge in [0.05, 0.1) is 5.56 Å². The Labute approximate surface area is 253 Å². The van der Waals surface area contributed by atoms with E-state index in [1.165, 1.54) is 12.1 Å². The molecule has 0 aliphatic carbocycles. The Morgan fingerprint density at radius 1 is 0.682 bits per heavy atom. The molecule has 3 aliphatic rings. The summed E-state index contributed by atoms with van der Waals surface area (Å²) in [6.07, 6.45) is -4.35. The standard InChI is InChI=1S/C32H34F3N5O4/c33-32(34,35)26-6-1-23(2-7-26)20-37-13-17-40(18-14-37)31(42)36-27-8-4-25(5-9-27)30(41)39-15-11-38(12-16-39)21-24-3-10-28-29(19-24)44-22-43-28/h1-10,19H,11-18,20-22H2,(H,36,42). The lowest BCUT2D eigenvalue weighted by atomic mass is 10.1. The van der Waals surface area contributed by atoms with Crippen LogP contribution < -0.4 is 14.8 Å². The van der Waals surface area contributed by atoms with Crippen molar-refractivity contribution in [3.05, 3.63) is 89.0 Å². The Balaban J connectivity index is 0.929. The van der Waals surface area contributed by atoms with Crippen molar-refractivity contribution in [3.8, 4) is 11.5 Å². The van der Waals surface area contributed by atoms with Crippen LogP contribution in [0.4, 0.5) is 23.7 Å². The minimum Gasteiger partial charge on any atom is -0.454 e. The molecule has 12 heteroatoms. The first-order chi connectivity index (χ1) is 21.2. The van der Waals surface area contributed by atoms with Crippen LogP contribution in [0.3, 0.4) is 0 Å². The van der Waals surface area contributed by atoms with Gasteiger partial charge < -0.3 is 24.6 Å². The average molecular weight is 610 g/mol. The van der Waals surface area contributed by atoms with Crippen LogP contribution in [0.15, 0.2) is 66.7 Å². The number of urea groups is 1. The Morgan fingerprint density at radius 3 is 1.89 bits per heavy atom. The van der Waals surface area contributed by atoms with E-state index in [0.717, 1.165) is 54.4 Å². The highest BCUT2D eigenvalue weighted by Gasteiger charge is 2.30. The van der Waals surface area contributed by atoms with Crippen molar-refractivity contribution in [3.63, 3.8) is 0 Å². The van der Waals surface area contributed by atoms with Gasteiger partial charge in [-0.1, -0.05) is 18.2 Å². The van der Waals surface area contributed by atoms with E-state index in [9.17, 15) is 22.8 Å². The molecule has 0 atom stereocenters. The number of halogens is 3. The maximum Gasteiger partial charge on any atom is 0.416 e. The van der Waals surface area contributed by atoms with Crippen molar-refractivity contribution in [2.24, 2.45) is 0 Å². The zero-order valence-corrected chi connectivity index (χ0v) is 24.2. The molecule has 0 spiro atoms. The van der Waals surface area contributed by atoms with Crippen LogP contribution in [0.1, 0.15) is 27.0 Å². The SMILES string of the molecule is O=C(Nc1ccc(C(=O)N2CCN(Cc3ccc4c(c3)OCO4)CC2)cc1)N1CCN(Cc2ccc(C(F)(F)F)cc2)CC1. The second-order valence-electron chi connectivity index (χ2n) is 11.2. The third kappa shape index (κ3) is 7.08. The molecule has 1 N–H and O–H groups in total.